The van der Waals surface area contributed by atoms with E-state index in [1.165, 1.54) is 51.4 Å². The molecule has 0 bridgehead atoms. The van der Waals surface area contributed by atoms with Gasteiger partial charge in [-0.15, -0.1) is 0 Å². The van der Waals surface area contributed by atoms with Crippen LogP contribution >= 0.6 is 0 Å². The summed E-state index contributed by atoms with van der Waals surface area (Å²) in [6.45, 7) is 2.47. The van der Waals surface area contributed by atoms with Gasteiger partial charge in [-0.2, -0.15) is 0 Å². The molecule has 0 aromatic rings. The third kappa shape index (κ3) is 1.45. The highest BCUT2D eigenvalue weighted by Gasteiger charge is 2.49. The molecule has 1 heterocycles. The number of rotatable bonds is 0. The van der Waals surface area contributed by atoms with Gasteiger partial charge in [-0.25, -0.2) is 0 Å². The predicted octanol–water partition coefficient (Wildman–Crippen LogP) is 4.20. The number of hydrogen-bond donors (Lipinski definition) is 0. The highest BCUT2D eigenvalue weighted by Crippen LogP contribution is 2.56. The first-order valence-corrected chi connectivity index (χ1v) is 8.21. The van der Waals surface area contributed by atoms with Crippen molar-refractivity contribution in [3.05, 3.63) is 11.3 Å². The second-order valence-electron chi connectivity index (χ2n) is 7.46. The van der Waals surface area contributed by atoms with E-state index < -0.39 is 0 Å². The average Bonchev–Trinajstić information content (AvgIpc) is 2.87. The molecule has 1 aliphatic heterocycles. The molecule has 1 heteroatoms. The van der Waals surface area contributed by atoms with Crippen molar-refractivity contribution in [3.63, 3.8) is 0 Å². The maximum Gasteiger partial charge on any atom is 0.0350 e. The standard InChI is InChI=1S/C17H27N/c1-11-7-8-15-14(9-11)17-13-6-4-3-5-12(13)10-16(17)18(15)2/h11-15H,3-10H2,1-2H3. The van der Waals surface area contributed by atoms with Crippen molar-refractivity contribution in [2.75, 3.05) is 7.05 Å². The fourth-order valence-corrected chi connectivity index (χ4v) is 5.64. The van der Waals surface area contributed by atoms with Gasteiger partial charge in [-0.1, -0.05) is 19.8 Å². The molecular formula is C17H27N. The minimum absolute atomic E-state index is 0.883. The van der Waals surface area contributed by atoms with E-state index in [0.717, 1.165) is 29.7 Å². The molecule has 18 heavy (non-hydrogen) atoms. The summed E-state index contributed by atoms with van der Waals surface area (Å²) in [7, 11) is 2.40. The lowest BCUT2D eigenvalue weighted by Gasteiger charge is -2.40. The molecule has 2 saturated carbocycles. The first kappa shape index (κ1) is 11.4. The van der Waals surface area contributed by atoms with E-state index in [9.17, 15) is 0 Å². The molecule has 0 saturated heterocycles. The van der Waals surface area contributed by atoms with E-state index >= 15 is 0 Å². The van der Waals surface area contributed by atoms with Crippen LogP contribution in [-0.4, -0.2) is 18.0 Å². The second-order valence-corrected chi connectivity index (χ2v) is 7.46. The van der Waals surface area contributed by atoms with Crippen LogP contribution in [0.2, 0.25) is 0 Å². The highest BCUT2D eigenvalue weighted by atomic mass is 15.2. The van der Waals surface area contributed by atoms with E-state index in [1.54, 1.807) is 5.70 Å². The van der Waals surface area contributed by atoms with Crippen LogP contribution < -0.4 is 0 Å². The molecule has 0 amide bonds. The zero-order valence-corrected chi connectivity index (χ0v) is 12.0. The maximum atomic E-state index is 2.71. The Morgan fingerprint density at radius 1 is 1.00 bits per heavy atom. The zero-order valence-electron chi connectivity index (χ0n) is 12.0. The van der Waals surface area contributed by atoms with Gasteiger partial charge in [0.15, 0.2) is 0 Å². The van der Waals surface area contributed by atoms with E-state index in [4.69, 9.17) is 0 Å². The van der Waals surface area contributed by atoms with Gasteiger partial charge in [0, 0.05) is 24.7 Å². The Balaban J connectivity index is 1.66. The normalized spacial score (nSPS) is 47.0. The van der Waals surface area contributed by atoms with Gasteiger partial charge in [-0.05, 0) is 61.9 Å². The third-order valence-corrected chi connectivity index (χ3v) is 6.50. The average molecular weight is 245 g/mol. The summed E-state index contributed by atoms with van der Waals surface area (Å²) in [4.78, 5) is 2.71. The molecule has 0 radical (unpaired) electrons. The van der Waals surface area contributed by atoms with Gasteiger partial charge in [0.25, 0.3) is 0 Å². The molecule has 4 rings (SSSR count). The molecule has 0 spiro atoms. The van der Waals surface area contributed by atoms with Crippen molar-refractivity contribution in [1.82, 2.24) is 4.90 Å². The third-order valence-electron chi connectivity index (χ3n) is 6.50. The predicted molar refractivity (Wildman–Crippen MR) is 75.1 cm³/mol. The molecule has 5 unspecified atom stereocenters. The van der Waals surface area contributed by atoms with Crippen molar-refractivity contribution in [1.29, 1.82) is 0 Å². The van der Waals surface area contributed by atoms with Crippen molar-refractivity contribution in [3.8, 4) is 0 Å². The summed E-state index contributed by atoms with van der Waals surface area (Å²) in [5.74, 6) is 3.94. The Morgan fingerprint density at radius 2 is 1.83 bits per heavy atom. The number of allylic oxidation sites excluding steroid dienone is 1. The lowest BCUT2D eigenvalue weighted by Crippen LogP contribution is -2.38. The van der Waals surface area contributed by atoms with Crippen LogP contribution in [0.1, 0.15) is 58.3 Å². The summed E-state index contributed by atoms with van der Waals surface area (Å²) >= 11 is 0. The van der Waals surface area contributed by atoms with Gasteiger partial charge >= 0.3 is 0 Å². The first-order valence-electron chi connectivity index (χ1n) is 8.21. The van der Waals surface area contributed by atoms with Gasteiger partial charge < -0.3 is 4.90 Å². The Morgan fingerprint density at radius 3 is 2.72 bits per heavy atom. The Labute approximate surface area is 112 Å². The summed E-state index contributed by atoms with van der Waals surface area (Å²) in [5.41, 5.74) is 3.76. The van der Waals surface area contributed by atoms with Gasteiger partial charge in [-0.3, -0.25) is 0 Å². The van der Waals surface area contributed by atoms with Crippen LogP contribution in [0.3, 0.4) is 0 Å². The summed E-state index contributed by atoms with van der Waals surface area (Å²) in [6.07, 6.45) is 11.8. The van der Waals surface area contributed by atoms with E-state index in [-0.39, 0.29) is 0 Å². The monoisotopic (exact) mass is 245 g/mol. The molecule has 3 aliphatic carbocycles. The quantitative estimate of drug-likeness (QED) is 0.618. The van der Waals surface area contributed by atoms with Gasteiger partial charge in [0.1, 0.15) is 0 Å². The van der Waals surface area contributed by atoms with Gasteiger partial charge in [0.2, 0.25) is 0 Å². The smallest absolute Gasteiger partial charge is 0.0350 e. The van der Waals surface area contributed by atoms with Crippen LogP contribution in [0.25, 0.3) is 0 Å². The highest BCUT2D eigenvalue weighted by molar-refractivity contribution is 5.34. The van der Waals surface area contributed by atoms with Crippen LogP contribution in [0.15, 0.2) is 11.3 Å². The Hall–Kier alpha value is -0.460. The molecule has 0 aromatic carbocycles. The fraction of sp³-hybridized carbons (Fsp3) is 0.882. The SMILES string of the molecule is CC1CCC2C(C1)C1=C(CC3CCCCC13)N2C. The van der Waals surface area contributed by atoms with Crippen molar-refractivity contribution in [2.45, 2.75) is 64.3 Å². The molecule has 2 fully saturated rings. The van der Waals surface area contributed by atoms with Crippen LogP contribution in [0, 0.1) is 23.7 Å². The van der Waals surface area contributed by atoms with Crippen molar-refractivity contribution < 1.29 is 0 Å². The topological polar surface area (TPSA) is 3.24 Å². The molecule has 100 valence electrons. The lowest BCUT2D eigenvalue weighted by molar-refractivity contribution is 0.153. The van der Waals surface area contributed by atoms with E-state index in [2.05, 4.69) is 18.9 Å². The lowest BCUT2D eigenvalue weighted by atomic mass is 9.69. The van der Waals surface area contributed by atoms with Crippen LogP contribution in [0.4, 0.5) is 0 Å². The van der Waals surface area contributed by atoms with Crippen LogP contribution in [-0.2, 0) is 0 Å². The zero-order chi connectivity index (χ0) is 12.3. The number of likely N-dealkylation sites (tertiary alicyclic amines) is 1. The molecule has 1 nitrogen and oxygen atoms in total. The molecule has 4 aliphatic rings. The Bertz CT molecular complexity index is 383. The molecule has 5 atom stereocenters. The van der Waals surface area contributed by atoms with Crippen LogP contribution in [0.5, 0.6) is 0 Å². The molecular weight excluding hydrogens is 218 g/mol. The number of fused-ring (bicyclic) bond motifs is 4. The summed E-state index contributed by atoms with van der Waals surface area (Å²) in [5, 5.41) is 0. The minimum atomic E-state index is 0.883. The maximum absolute atomic E-state index is 2.71. The molecule has 0 N–H and O–H groups in total. The fourth-order valence-electron chi connectivity index (χ4n) is 5.64. The largest absolute Gasteiger partial charge is 0.374 e. The number of nitrogens with zero attached hydrogens (tertiary/aromatic N) is 1. The van der Waals surface area contributed by atoms with Crippen molar-refractivity contribution in [2.24, 2.45) is 23.7 Å². The number of hydrogen-bond acceptors (Lipinski definition) is 1. The van der Waals surface area contributed by atoms with Crippen molar-refractivity contribution >= 4 is 0 Å². The summed E-state index contributed by atoms with van der Waals surface area (Å²) < 4.78 is 0. The summed E-state index contributed by atoms with van der Waals surface area (Å²) in [6, 6.07) is 0.883. The molecule has 0 aromatic heterocycles. The Kier molecular flexibility index (Phi) is 2.54. The second kappa shape index (κ2) is 4.02. The van der Waals surface area contributed by atoms with E-state index in [1.807, 2.05) is 5.57 Å². The van der Waals surface area contributed by atoms with E-state index in [0.29, 0.717) is 0 Å². The minimum Gasteiger partial charge on any atom is -0.374 e. The first-order chi connectivity index (χ1) is 8.75. The van der Waals surface area contributed by atoms with Gasteiger partial charge in [0.05, 0.1) is 0 Å².